The molecule has 2 aromatic rings. The number of para-hydroxylation sites is 1. The summed E-state index contributed by atoms with van der Waals surface area (Å²) in [4.78, 5) is 24.2. The monoisotopic (exact) mass is 467 g/mol. The van der Waals surface area contributed by atoms with E-state index in [4.69, 9.17) is 11.6 Å². The molecule has 0 bridgehead atoms. The molecule has 1 fully saturated rings. The van der Waals surface area contributed by atoms with E-state index in [1.54, 1.807) is 0 Å². The Morgan fingerprint density at radius 1 is 1.06 bits per heavy atom. The van der Waals surface area contributed by atoms with Gasteiger partial charge < -0.3 is 10.6 Å². The van der Waals surface area contributed by atoms with E-state index < -0.39 is 27.7 Å². The van der Waals surface area contributed by atoms with E-state index in [1.807, 2.05) is 0 Å². The fraction of sp³-hybridized carbons (Fsp3) is 0.333. The fourth-order valence-corrected chi connectivity index (χ4v) is 5.34. The number of halogens is 2. The second kappa shape index (κ2) is 10.2. The number of anilines is 1. The van der Waals surface area contributed by atoms with Gasteiger partial charge in [-0.05, 0) is 55.7 Å². The molecule has 1 aliphatic heterocycles. The van der Waals surface area contributed by atoms with Crippen LogP contribution >= 0.6 is 11.6 Å². The van der Waals surface area contributed by atoms with E-state index in [0.717, 1.165) is 12.8 Å². The lowest BCUT2D eigenvalue weighted by Crippen LogP contribution is -2.45. The van der Waals surface area contributed by atoms with Crippen molar-refractivity contribution in [1.29, 1.82) is 0 Å². The maximum absolute atomic E-state index is 13.6. The van der Waals surface area contributed by atoms with Crippen LogP contribution in [0.5, 0.6) is 0 Å². The van der Waals surface area contributed by atoms with E-state index in [9.17, 15) is 22.4 Å². The molecular weight excluding hydrogens is 445 g/mol. The molecule has 31 heavy (non-hydrogen) atoms. The summed E-state index contributed by atoms with van der Waals surface area (Å²) in [6, 6.07) is 11.2. The van der Waals surface area contributed by atoms with Crippen LogP contribution in [0.1, 0.15) is 25.7 Å². The summed E-state index contributed by atoms with van der Waals surface area (Å²) in [5, 5.41) is 5.14. The van der Waals surface area contributed by atoms with Crippen molar-refractivity contribution in [3.8, 4) is 0 Å². The molecule has 1 heterocycles. The summed E-state index contributed by atoms with van der Waals surface area (Å²) >= 11 is 5.86. The van der Waals surface area contributed by atoms with Gasteiger partial charge >= 0.3 is 11.8 Å². The van der Waals surface area contributed by atoms with Gasteiger partial charge in [0.2, 0.25) is 10.0 Å². The van der Waals surface area contributed by atoms with Crippen molar-refractivity contribution in [3.63, 3.8) is 0 Å². The third kappa shape index (κ3) is 5.81. The van der Waals surface area contributed by atoms with Gasteiger partial charge in [-0.2, -0.15) is 4.31 Å². The highest BCUT2D eigenvalue weighted by atomic mass is 35.5. The molecule has 1 atom stereocenters. The number of carbonyl (C=O) groups excluding carboxylic acids is 2. The third-order valence-electron chi connectivity index (χ3n) is 5.08. The van der Waals surface area contributed by atoms with E-state index in [-0.39, 0.29) is 23.2 Å². The molecule has 2 amide bonds. The molecule has 0 spiro atoms. The molecule has 1 aliphatic rings. The summed E-state index contributed by atoms with van der Waals surface area (Å²) in [6.45, 7) is 0.498. The Morgan fingerprint density at radius 2 is 1.77 bits per heavy atom. The molecule has 0 aromatic heterocycles. The van der Waals surface area contributed by atoms with Crippen LogP contribution in [0.15, 0.2) is 53.4 Å². The number of benzene rings is 2. The van der Waals surface area contributed by atoms with Gasteiger partial charge in [0, 0.05) is 24.2 Å². The van der Waals surface area contributed by atoms with Crippen molar-refractivity contribution in [3.05, 3.63) is 59.4 Å². The topological polar surface area (TPSA) is 95.6 Å². The third-order valence-corrected chi connectivity index (χ3v) is 7.30. The average molecular weight is 468 g/mol. The van der Waals surface area contributed by atoms with Crippen molar-refractivity contribution in [2.75, 3.05) is 18.4 Å². The van der Waals surface area contributed by atoms with E-state index in [0.29, 0.717) is 24.4 Å². The van der Waals surface area contributed by atoms with E-state index >= 15 is 0 Å². The van der Waals surface area contributed by atoms with Gasteiger partial charge in [-0.15, -0.1) is 0 Å². The largest absolute Gasteiger partial charge is 0.348 e. The van der Waals surface area contributed by atoms with Crippen molar-refractivity contribution >= 4 is 39.1 Å². The first-order valence-corrected chi connectivity index (χ1v) is 11.7. The summed E-state index contributed by atoms with van der Waals surface area (Å²) in [7, 11) is -3.70. The summed E-state index contributed by atoms with van der Waals surface area (Å²) in [5.41, 5.74) is -0.0878. The molecular formula is C21H23ClFN3O4S. The predicted octanol–water partition coefficient (Wildman–Crippen LogP) is 3.17. The highest BCUT2D eigenvalue weighted by Gasteiger charge is 2.33. The Bertz CT molecular complexity index is 1050. The lowest BCUT2D eigenvalue weighted by molar-refractivity contribution is -0.136. The second-order valence-corrected chi connectivity index (χ2v) is 9.52. The predicted molar refractivity (Wildman–Crippen MR) is 116 cm³/mol. The number of piperidine rings is 1. The fourth-order valence-electron chi connectivity index (χ4n) is 3.50. The highest BCUT2D eigenvalue weighted by molar-refractivity contribution is 7.89. The first-order chi connectivity index (χ1) is 14.8. The summed E-state index contributed by atoms with van der Waals surface area (Å²) in [6.07, 6.45) is 2.63. The molecule has 0 radical (unpaired) electrons. The molecule has 7 nitrogen and oxygen atoms in total. The number of amides is 2. The average Bonchev–Trinajstić information content (AvgIpc) is 2.76. The molecule has 0 saturated carbocycles. The number of nitrogens with one attached hydrogen (secondary N) is 2. The number of nitrogens with zero attached hydrogens (tertiary/aromatic N) is 1. The normalized spacial score (nSPS) is 17.2. The van der Waals surface area contributed by atoms with Crippen LogP contribution in [0.25, 0.3) is 0 Å². The number of carbonyl (C=O) groups is 2. The second-order valence-electron chi connectivity index (χ2n) is 7.20. The van der Waals surface area contributed by atoms with Crippen molar-refractivity contribution in [2.24, 2.45) is 0 Å². The Labute approximate surface area is 185 Å². The number of sulfonamides is 1. The standard InChI is InChI=1S/C21H23ClFN3O4S/c22-15-8-10-17(11-9-15)31(29,30)26-14-4-3-5-16(26)12-13-24-20(27)21(28)25-19-7-2-1-6-18(19)23/h1-2,6-11,16H,3-5,12-14H2,(H,24,27)(H,25,28)/t16-/m0/s1. The van der Waals surface area contributed by atoms with Crippen molar-refractivity contribution in [2.45, 2.75) is 36.6 Å². The highest BCUT2D eigenvalue weighted by Crippen LogP contribution is 2.27. The first kappa shape index (κ1) is 23.2. The van der Waals surface area contributed by atoms with Gasteiger partial charge in [-0.3, -0.25) is 9.59 Å². The molecule has 10 heteroatoms. The Kier molecular flexibility index (Phi) is 7.64. The van der Waals surface area contributed by atoms with E-state index in [1.165, 1.54) is 52.8 Å². The van der Waals surface area contributed by atoms with Crippen LogP contribution in [0.2, 0.25) is 5.02 Å². The van der Waals surface area contributed by atoms with Gasteiger partial charge in [0.05, 0.1) is 10.6 Å². The zero-order valence-electron chi connectivity index (χ0n) is 16.7. The smallest absolute Gasteiger partial charge is 0.313 e. The van der Waals surface area contributed by atoms with Gasteiger partial charge in [0.15, 0.2) is 0 Å². The molecule has 0 unspecified atom stereocenters. The Morgan fingerprint density at radius 3 is 2.48 bits per heavy atom. The van der Waals surface area contributed by atoms with E-state index in [2.05, 4.69) is 10.6 Å². The molecule has 1 saturated heterocycles. The zero-order chi connectivity index (χ0) is 22.4. The van der Waals surface area contributed by atoms with Gasteiger partial charge in [0.1, 0.15) is 5.82 Å². The molecule has 0 aliphatic carbocycles. The molecule has 166 valence electrons. The van der Waals surface area contributed by atoms with Crippen molar-refractivity contribution in [1.82, 2.24) is 9.62 Å². The first-order valence-electron chi connectivity index (χ1n) is 9.90. The van der Waals surface area contributed by atoms with Crippen molar-refractivity contribution < 1.29 is 22.4 Å². The lowest BCUT2D eigenvalue weighted by Gasteiger charge is -2.34. The van der Waals surface area contributed by atoms with Gasteiger partial charge in [0.25, 0.3) is 0 Å². The molecule has 3 rings (SSSR count). The van der Waals surface area contributed by atoms with Gasteiger partial charge in [-0.1, -0.05) is 30.2 Å². The minimum atomic E-state index is -3.70. The maximum Gasteiger partial charge on any atom is 0.313 e. The lowest BCUT2D eigenvalue weighted by atomic mass is 10.0. The zero-order valence-corrected chi connectivity index (χ0v) is 18.3. The SMILES string of the molecule is O=C(NCC[C@@H]1CCCCN1S(=O)(=O)c1ccc(Cl)cc1)C(=O)Nc1ccccc1F. The van der Waals surface area contributed by atoms with Crippen LogP contribution in [0, 0.1) is 5.82 Å². The number of hydrogen-bond donors (Lipinski definition) is 2. The summed E-state index contributed by atoms with van der Waals surface area (Å²) < 4.78 is 41.1. The van der Waals surface area contributed by atoms with Crippen LogP contribution in [-0.2, 0) is 19.6 Å². The number of hydrogen-bond acceptors (Lipinski definition) is 4. The maximum atomic E-state index is 13.6. The quantitative estimate of drug-likeness (QED) is 0.638. The molecule has 2 N–H and O–H groups in total. The van der Waals surface area contributed by atoms with Crippen LogP contribution < -0.4 is 10.6 Å². The Balaban J connectivity index is 1.58. The minimum Gasteiger partial charge on any atom is -0.348 e. The van der Waals surface area contributed by atoms with Crippen LogP contribution in [0.3, 0.4) is 0 Å². The number of rotatable bonds is 6. The molecule has 2 aromatic carbocycles. The minimum absolute atomic E-state index is 0.0878. The van der Waals surface area contributed by atoms with Crippen LogP contribution in [0.4, 0.5) is 10.1 Å². The van der Waals surface area contributed by atoms with Gasteiger partial charge in [-0.25, -0.2) is 12.8 Å². The van der Waals surface area contributed by atoms with Crippen LogP contribution in [-0.4, -0.2) is 43.7 Å². The summed E-state index contributed by atoms with van der Waals surface area (Å²) in [5.74, 6) is -2.54. The Hall–Kier alpha value is -2.49.